The summed E-state index contributed by atoms with van der Waals surface area (Å²) in [7, 11) is -1.55. The summed E-state index contributed by atoms with van der Waals surface area (Å²) in [5.74, 6) is 1.59. The monoisotopic (exact) mass is 468 g/mol. The SMILES string of the molecule is Cn1ccnc1COc1ccc(C(=O)NCC2CCN(S(=O)(=O)c3ccccc3)CC2)cc1. The van der Waals surface area contributed by atoms with E-state index in [4.69, 9.17) is 4.74 Å². The Morgan fingerprint density at radius 2 is 1.79 bits per heavy atom. The quantitative estimate of drug-likeness (QED) is 0.549. The lowest BCUT2D eigenvalue weighted by atomic mass is 9.98. The van der Waals surface area contributed by atoms with Crippen LogP contribution >= 0.6 is 0 Å². The van der Waals surface area contributed by atoms with Gasteiger partial charge in [-0.2, -0.15) is 4.31 Å². The summed E-state index contributed by atoms with van der Waals surface area (Å²) in [5, 5.41) is 2.97. The van der Waals surface area contributed by atoms with Gasteiger partial charge in [-0.1, -0.05) is 18.2 Å². The first-order valence-corrected chi connectivity index (χ1v) is 12.4. The molecule has 8 nitrogen and oxygen atoms in total. The normalized spacial score (nSPS) is 15.3. The maximum atomic E-state index is 12.7. The van der Waals surface area contributed by atoms with Gasteiger partial charge in [0.25, 0.3) is 5.91 Å². The summed E-state index contributed by atoms with van der Waals surface area (Å²) >= 11 is 0. The van der Waals surface area contributed by atoms with Gasteiger partial charge in [0, 0.05) is 44.6 Å². The standard InChI is InChI=1S/C24H28N4O4S/c1-27-16-13-25-23(27)18-32-21-9-7-20(8-10-21)24(29)26-17-19-11-14-28(15-12-19)33(30,31)22-5-3-2-4-6-22/h2-10,13,16,19H,11-12,14-15,17-18H2,1H3,(H,26,29). The van der Waals surface area contributed by atoms with E-state index in [0.29, 0.717) is 55.3 Å². The first-order chi connectivity index (χ1) is 15.9. The van der Waals surface area contributed by atoms with Gasteiger partial charge in [0.15, 0.2) is 0 Å². The number of piperidine rings is 1. The molecule has 1 amide bonds. The van der Waals surface area contributed by atoms with Crippen LogP contribution in [-0.4, -0.2) is 47.8 Å². The molecule has 1 aromatic heterocycles. The third-order valence-electron chi connectivity index (χ3n) is 5.91. The van der Waals surface area contributed by atoms with Crippen molar-refractivity contribution >= 4 is 15.9 Å². The van der Waals surface area contributed by atoms with E-state index < -0.39 is 10.0 Å². The van der Waals surface area contributed by atoms with Crippen molar-refractivity contribution in [2.24, 2.45) is 13.0 Å². The van der Waals surface area contributed by atoms with Gasteiger partial charge in [0.1, 0.15) is 18.2 Å². The minimum atomic E-state index is -3.46. The van der Waals surface area contributed by atoms with Crippen molar-refractivity contribution in [3.63, 3.8) is 0 Å². The second-order valence-electron chi connectivity index (χ2n) is 8.14. The van der Waals surface area contributed by atoms with Crippen LogP contribution in [0.5, 0.6) is 5.75 Å². The van der Waals surface area contributed by atoms with E-state index in [2.05, 4.69) is 10.3 Å². The Hall–Kier alpha value is -3.17. The van der Waals surface area contributed by atoms with E-state index in [9.17, 15) is 13.2 Å². The Labute approximate surface area is 194 Å². The van der Waals surface area contributed by atoms with Gasteiger partial charge in [-0.15, -0.1) is 0 Å². The lowest BCUT2D eigenvalue weighted by Gasteiger charge is -2.31. The average molecular weight is 469 g/mol. The molecule has 1 aliphatic rings. The number of sulfonamides is 1. The number of hydrogen-bond donors (Lipinski definition) is 1. The summed E-state index contributed by atoms with van der Waals surface area (Å²) in [4.78, 5) is 17.1. The maximum absolute atomic E-state index is 12.7. The van der Waals surface area contributed by atoms with Crippen LogP contribution in [0.1, 0.15) is 29.0 Å². The van der Waals surface area contributed by atoms with E-state index >= 15 is 0 Å². The number of aryl methyl sites for hydroxylation is 1. The topological polar surface area (TPSA) is 93.5 Å². The lowest BCUT2D eigenvalue weighted by molar-refractivity contribution is 0.0941. The van der Waals surface area contributed by atoms with Crippen LogP contribution in [0.4, 0.5) is 0 Å². The van der Waals surface area contributed by atoms with Crippen molar-refractivity contribution in [3.8, 4) is 5.75 Å². The van der Waals surface area contributed by atoms with E-state index in [-0.39, 0.29) is 11.8 Å². The predicted molar refractivity (Wildman–Crippen MR) is 124 cm³/mol. The summed E-state index contributed by atoms with van der Waals surface area (Å²) in [6.07, 6.45) is 5.01. The van der Waals surface area contributed by atoms with Gasteiger partial charge in [0.2, 0.25) is 10.0 Å². The molecule has 3 aromatic rings. The molecule has 0 atom stereocenters. The molecule has 33 heavy (non-hydrogen) atoms. The summed E-state index contributed by atoms with van der Waals surface area (Å²) < 4.78 is 34.6. The number of nitrogens with one attached hydrogen (secondary N) is 1. The molecule has 174 valence electrons. The number of aromatic nitrogens is 2. The number of ether oxygens (including phenoxy) is 1. The van der Waals surface area contributed by atoms with Crippen LogP contribution < -0.4 is 10.1 Å². The van der Waals surface area contributed by atoms with E-state index in [1.807, 2.05) is 17.8 Å². The molecule has 2 heterocycles. The zero-order valence-electron chi connectivity index (χ0n) is 18.6. The second-order valence-corrected chi connectivity index (χ2v) is 10.1. The molecule has 0 bridgehead atoms. The van der Waals surface area contributed by atoms with Gasteiger partial charge in [-0.25, -0.2) is 13.4 Å². The van der Waals surface area contributed by atoms with E-state index in [1.54, 1.807) is 60.8 Å². The highest BCUT2D eigenvalue weighted by Gasteiger charge is 2.29. The Morgan fingerprint density at radius 1 is 1.09 bits per heavy atom. The second kappa shape index (κ2) is 10.2. The zero-order chi connectivity index (χ0) is 23.3. The Morgan fingerprint density at radius 3 is 2.42 bits per heavy atom. The van der Waals surface area contributed by atoms with Crippen LogP contribution in [0.3, 0.4) is 0 Å². The molecule has 1 aliphatic heterocycles. The average Bonchev–Trinajstić information content (AvgIpc) is 3.27. The molecule has 4 rings (SSSR count). The number of hydrogen-bond acceptors (Lipinski definition) is 5. The molecular weight excluding hydrogens is 440 g/mol. The molecular formula is C24H28N4O4S. The molecule has 1 saturated heterocycles. The van der Waals surface area contributed by atoms with Crippen LogP contribution in [0, 0.1) is 5.92 Å². The number of carbonyl (C=O) groups is 1. The smallest absolute Gasteiger partial charge is 0.251 e. The highest BCUT2D eigenvalue weighted by molar-refractivity contribution is 7.89. The Balaban J connectivity index is 1.23. The summed E-state index contributed by atoms with van der Waals surface area (Å²) in [6.45, 7) is 1.79. The van der Waals surface area contributed by atoms with E-state index in [0.717, 1.165) is 5.82 Å². The first kappa shape index (κ1) is 23.0. The van der Waals surface area contributed by atoms with Gasteiger partial charge < -0.3 is 14.6 Å². The highest BCUT2D eigenvalue weighted by Crippen LogP contribution is 2.23. The number of carbonyl (C=O) groups excluding carboxylic acids is 1. The fourth-order valence-corrected chi connectivity index (χ4v) is 5.31. The van der Waals surface area contributed by atoms with Crippen LogP contribution in [0.25, 0.3) is 0 Å². The van der Waals surface area contributed by atoms with Crippen molar-refractivity contribution in [1.82, 2.24) is 19.2 Å². The summed E-state index contributed by atoms with van der Waals surface area (Å²) in [5.41, 5.74) is 0.559. The summed E-state index contributed by atoms with van der Waals surface area (Å²) in [6, 6.07) is 15.5. The Kier molecular flexibility index (Phi) is 7.10. The lowest BCUT2D eigenvalue weighted by Crippen LogP contribution is -2.41. The van der Waals surface area contributed by atoms with Gasteiger partial charge in [0.05, 0.1) is 4.90 Å². The third-order valence-corrected chi connectivity index (χ3v) is 7.82. The minimum absolute atomic E-state index is 0.148. The molecule has 0 radical (unpaired) electrons. The minimum Gasteiger partial charge on any atom is -0.486 e. The van der Waals surface area contributed by atoms with Crippen molar-refractivity contribution < 1.29 is 17.9 Å². The van der Waals surface area contributed by atoms with Crippen molar-refractivity contribution in [3.05, 3.63) is 78.4 Å². The fraction of sp³-hybridized carbons (Fsp3) is 0.333. The number of amides is 1. The van der Waals surface area contributed by atoms with Crippen LogP contribution in [-0.2, 0) is 23.7 Å². The molecule has 0 unspecified atom stereocenters. The molecule has 1 fully saturated rings. The molecule has 1 N–H and O–H groups in total. The molecule has 0 spiro atoms. The molecule has 2 aromatic carbocycles. The van der Waals surface area contributed by atoms with Gasteiger partial charge in [-0.05, 0) is 55.2 Å². The Bertz CT molecular complexity index is 1170. The first-order valence-electron chi connectivity index (χ1n) is 11.0. The van der Waals surface area contributed by atoms with Crippen molar-refractivity contribution in [2.45, 2.75) is 24.3 Å². The third kappa shape index (κ3) is 5.61. The predicted octanol–water partition coefficient (Wildman–Crippen LogP) is 2.83. The number of benzene rings is 2. The molecule has 0 aliphatic carbocycles. The maximum Gasteiger partial charge on any atom is 0.251 e. The number of nitrogens with zero attached hydrogens (tertiary/aromatic N) is 3. The van der Waals surface area contributed by atoms with E-state index in [1.165, 1.54) is 4.31 Å². The largest absolute Gasteiger partial charge is 0.486 e. The van der Waals surface area contributed by atoms with Gasteiger partial charge in [-0.3, -0.25) is 4.79 Å². The molecule has 0 saturated carbocycles. The van der Waals surface area contributed by atoms with Gasteiger partial charge >= 0.3 is 0 Å². The fourth-order valence-electron chi connectivity index (χ4n) is 3.82. The molecule has 9 heteroatoms. The number of imidazole rings is 1. The zero-order valence-corrected chi connectivity index (χ0v) is 19.4. The van der Waals surface area contributed by atoms with Crippen LogP contribution in [0.15, 0.2) is 71.9 Å². The number of rotatable bonds is 8. The van der Waals surface area contributed by atoms with Crippen molar-refractivity contribution in [2.75, 3.05) is 19.6 Å². The van der Waals surface area contributed by atoms with Crippen molar-refractivity contribution in [1.29, 1.82) is 0 Å². The van der Waals surface area contributed by atoms with Crippen LogP contribution in [0.2, 0.25) is 0 Å². The highest BCUT2D eigenvalue weighted by atomic mass is 32.2.